The molecule has 1 aromatic carbocycles. The number of rotatable bonds is 6. The molecule has 11 heteroatoms. The van der Waals surface area contributed by atoms with Crippen LogP contribution >= 0.6 is 23.4 Å². The molecule has 2 amide bonds. The molecule has 1 N–H and O–H groups in total. The number of amides is 2. The standard InChI is InChI=1S/C16H15ClN2O7S/c17-9-1-3-10(4-2-9)27-8-13(20)18-11-7-24-19(15(11)22)26-16(23)12-5-6-14(21)25-12/h1-4,11-12H,5-8H2,(H,18,20)/t11-,12?/m0/s1. The zero-order chi connectivity index (χ0) is 19.4. The molecular weight excluding hydrogens is 400 g/mol. The Kier molecular flexibility index (Phi) is 6.19. The fourth-order valence-corrected chi connectivity index (χ4v) is 3.16. The number of esters is 1. The van der Waals surface area contributed by atoms with E-state index in [1.54, 1.807) is 24.3 Å². The van der Waals surface area contributed by atoms with Crippen molar-refractivity contribution >= 4 is 47.1 Å². The van der Waals surface area contributed by atoms with Gasteiger partial charge >= 0.3 is 17.8 Å². The highest BCUT2D eigenvalue weighted by Crippen LogP contribution is 2.20. The normalized spacial score (nSPS) is 21.9. The third-order valence-corrected chi connectivity index (χ3v) is 4.94. The van der Waals surface area contributed by atoms with Crippen molar-refractivity contribution < 1.29 is 33.6 Å². The number of benzene rings is 1. The molecule has 3 rings (SSSR count). The fraction of sp³-hybridized carbons (Fsp3) is 0.375. The second kappa shape index (κ2) is 8.59. The van der Waals surface area contributed by atoms with Crippen molar-refractivity contribution in [3.63, 3.8) is 0 Å². The third-order valence-electron chi connectivity index (χ3n) is 3.68. The van der Waals surface area contributed by atoms with Gasteiger partial charge in [0.05, 0.1) is 5.75 Å². The maximum absolute atomic E-state index is 12.1. The van der Waals surface area contributed by atoms with Gasteiger partial charge in [0.25, 0.3) is 0 Å². The molecule has 0 aliphatic carbocycles. The molecule has 0 spiro atoms. The molecule has 27 heavy (non-hydrogen) atoms. The summed E-state index contributed by atoms with van der Waals surface area (Å²) >= 11 is 7.08. The fourth-order valence-electron chi connectivity index (χ4n) is 2.33. The van der Waals surface area contributed by atoms with Gasteiger partial charge in [0.15, 0.2) is 0 Å². The minimum absolute atomic E-state index is 0.0865. The topological polar surface area (TPSA) is 111 Å². The van der Waals surface area contributed by atoms with Crippen LogP contribution in [0.4, 0.5) is 0 Å². The van der Waals surface area contributed by atoms with Crippen LogP contribution < -0.4 is 5.32 Å². The summed E-state index contributed by atoms with van der Waals surface area (Å²) in [7, 11) is 0. The molecule has 144 valence electrons. The number of hydrogen-bond donors (Lipinski definition) is 1. The van der Waals surface area contributed by atoms with Gasteiger partial charge in [-0.1, -0.05) is 11.6 Å². The Labute approximate surface area is 163 Å². The number of halogens is 1. The van der Waals surface area contributed by atoms with Gasteiger partial charge in [0, 0.05) is 22.8 Å². The predicted molar refractivity (Wildman–Crippen MR) is 92.1 cm³/mol. The average molecular weight is 415 g/mol. The molecule has 0 bridgehead atoms. The number of nitrogens with one attached hydrogen (secondary N) is 1. The van der Waals surface area contributed by atoms with Crippen molar-refractivity contribution in [1.29, 1.82) is 0 Å². The summed E-state index contributed by atoms with van der Waals surface area (Å²) in [4.78, 5) is 57.6. The van der Waals surface area contributed by atoms with Crippen molar-refractivity contribution in [3.8, 4) is 0 Å². The van der Waals surface area contributed by atoms with E-state index in [0.717, 1.165) is 4.90 Å². The number of thioether (sulfide) groups is 1. The van der Waals surface area contributed by atoms with Gasteiger partial charge in [-0.2, -0.15) is 0 Å². The Bertz CT molecular complexity index is 758. The van der Waals surface area contributed by atoms with Gasteiger partial charge in [0.1, 0.15) is 12.6 Å². The van der Waals surface area contributed by atoms with E-state index in [9.17, 15) is 19.2 Å². The summed E-state index contributed by atoms with van der Waals surface area (Å²) in [6.07, 6.45) is -0.765. The second-order valence-corrected chi connectivity index (χ2v) is 7.17. The average Bonchev–Trinajstić information content (AvgIpc) is 3.22. The van der Waals surface area contributed by atoms with Crippen LogP contribution in [-0.4, -0.2) is 53.5 Å². The van der Waals surface area contributed by atoms with Crippen molar-refractivity contribution in [1.82, 2.24) is 10.5 Å². The van der Waals surface area contributed by atoms with Gasteiger partial charge < -0.3 is 14.9 Å². The van der Waals surface area contributed by atoms with Crippen LogP contribution in [0.1, 0.15) is 12.8 Å². The van der Waals surface area contributed by atoms with Crippen LogP contribution in [0.5, 0.6) is 0 Å². The van der Waals surface area contributed by atoms with Crippen LogP contribution in [0.3, 0.4) is 0 Å². The predicted octanol–water partition coefficient (Wildman–Crippen LogP) is 0.854. The minimum atomic E-state index is -1.06. The van der Waals surface area contributed by atoms with Crippen molar-refractivity contribution in [3.05, 3.63) is 29.3 Å². The number of carbonyl (C=O) groups excluding carboxylic acids is 4. The quantitative estimate of drug-likeness (QED) is 0.538. The Morgan fingerprint density at radius 2 is 2.04 bits per heavy atom. The van der Waals surface area contributed by atoms with E-state index in [4.69, 9.17) is 26.0 Å². The smallest absolute Gasteiger partial charge is 0.375 e. The summed E-state index contributed by atoms with van der Waals surface area (Å²) < 4.78 is 4.75. The lowest BCUT2D eigenvalue weighted by molar-refractivity contribution is -0.306. The molecule has 2 aliphatic rings. The minimum Gasteiger partial charge on any atom is -0.450 e. The molecule has 0 radical (unpaired) electrons. The number of ether oxygens (including phenoxy) is 1. The lowest BCUT2D eigenvalue weighted by Crippen LogP contribution is -2.44. The molecule has 9 nitrogen and oxygen atoms in total. The maximum Gasteiger partial charge on any atom is 0.375 e. The second-order valence-electron chi connectivity index (χ2n) is 5.68. The number of carbonyl (C=O) groups is 4. The highest BCUT2D eigenvalue weighted by Gasteiger charge is 2.40. The number of hydrogen-bond acceptors (Lipinski definition) is 8. The summed E-state index contributed by atoms with van der Waals surface area (Å²) in [6, 6.07) is 6.01. The van der Waals surface area contributed by atoms with Crippen molar-refractivity contribution in [2.75, 3.05) is 12.4 Å². The van der Waals surface area contributed by atoms with Crippen LogP contribution in [0.25, 0.3) is 0 Å². The van der Waals surface area contributed by atoms with Gasteiger partial charge in [-0.05, 0) is 29.5 Å². The third kappa shape index (κ3) is 5.12. The van der Waals surface area contributed by atoms with Gasteiger partial charge in [-0.15, -0.1) is 11.8 Å². The number of nitrogens with zero attached hydrogens (tertiary/aromatic N) is 1. The largest absolute Gasteiger partial charge is 0.450 e. The molecule has 0 saturated carbocycles. The van der Waals surface area contributed by atoms with E-state index in [1.807, 2.05) is 0 Å². The van der Waals surface area contributed by atoms with Gasteiger partial charge in [-0.25, -0.2) is 9.63 Å². The number of cyclic esters (lactones) is 1. The highest BCUT2D eigenvalue weighted by molar-refractivity contribution is 8.00. The molecule has 2 heterocycles. The molecule has 2 saturated heterocycles. The zero-order valence-electron chi connectivity index (χ0n) is 13.9. The molecule has 2 atom stereocenters. The summed E-state index contributed by atoms with van der Waals surface area (Å²) in [5.74, 6) is -2.43. The van der Waals surface area contributed by atoms with Crippen molar-refractivity contribution in [2.45, 2.75) is 29.9 Å². The maximum atomic E-state index is 12.1. The highest BCUT2D eigenvalue weighted by atomic mass is 35.5. The molecule has 2 aliphatic heterocycles. The van der Waals surface area contributed by atoms with E-state index < -0.39 is 30.0 Å². The summed E-state index contributed by atoms with van der Waals surface area (Å²) in [6.45, 7) is -0.173. The van der Waals surface area contributed by atoms with E-state index in [0.29, 0.717) is 10.2 Å². The van der Waals surface area contributed by atoms with Crippen LogP contribution in [0, 0.1) is 0 Å². The lowest BCUT2D eigenvalue weighted by atomic mass is 10.2. The Morgan fingerprint density at radius 1 is 1.30 bits per heavy atom. The molecule has 2 fully saturated rings. The van der Waals surface area contributed by atoms with E-state index >= 15 is 0 Å². The Morgan fingerprint density at radius 3 is 2.70 bits per heavy atom. The van der Waals surface area contributed by atoms with Gasteiger partial charge in [0.2, 0.25) is 12.0 Å². The molecule has 1 aromatic rings. The van der Waals surface area contributed by atoms with Crippen LogP contribution in [-0.2, 0) is 33.6 Å². The first-order chi connectivity index (χ1) is 12.9. The molecule has 0 aromatic heterocycles. The van der Waals surface area contributed by atoms with E-state index in [-0.39, 0.29) is 31.1 Å². The first-order valence-corrected chi connectivity index (χ1v) is 9.34. The van der Waals surface area contributed by atoms with E-state index in [1.165, 1.54) is 11.8 Å². The van der Waals surface area contributed by atoms with Crippen LogP contribution in [0.15, 0.2) is 29.2 Å². The zero-order valence-corrected chi connectivity index (χ0v) is 15.5. The summed E-state index contributed by atoms with van der Waals surface area (Å²) in [5, 5.41) is 3.52. The monoisotopic (exact) mass is 414 g/mol. The first kappa shape index (κ1) is 19.5. The molecule has 1 unspecified atom stereocenters. The van der Waals surface area contributed by atoms with E-state index in [2.05, 4.69) is 5.32 Å². The lowest BCUT2D eigenvalue weighted by Gasteiger charge is -2.15. The Balaban J connectivity index is 1.43. The number of hydroxylamine groups is 2. The first-order valence-electron chi connectivity index (χ1n) is 7.98. The SMILES string of the molecule is O=C(CSc1ccc(Cl)cc1)N[C@H]1CON(OC(=O)C2CCC(=O)O2)C1=O. The van der Waals surface area contributed by atoms with Gasteiger partial charge in [-0.3, -0.25) is 14.4 Å². The summed E-state index contributed by atoms with van der Waals surface area (Å²) in [5.41, 5.74) is 0. The van der Waals surface area contributed by atoms with Crippen molar-refractivity contribution in [2.24, 2.45) is 0 Å². The molecular formula is C16H15ClN2O7S. The Hall–Kier alpha value is -2.30. The van der Waals surface area contributed by atoms with Crippen LogP contribution in [0.2, 0.25) is 5.02 Å².